The van der Waals surface area contributed by atoms with Crippen molar-refractivity contribution in [3.63, 3.8) is 0 Å². The summed E-state index contributed by atoms with van der Waals surface area (Å²) in [6.45, 7) is 3.71. The highest BCUT2D eigenvalue weighted by molar-refractivity contribution is 5.97. The van der Waals surface area contributed by atoms with Gasteiger partial charge in [-0.3, -0.25) is 9.69 Å². The third-order valence-electron chi connectivity index (χ3n) is 6.82. The van der Waals surface area contributed by atoms with Crippen LogP contribution < -0.4 is 5.32 Å². The number of benzene rings is 3. The fourth-order valence-electron chi connectivity index (χ4n) is 5.02. The van der Waals surface area contributed by atoms with Gasteiger partial charge in [-0.2, -0.15) is 0 Å². The van der Waals surface area contributed by atoms with Crippen LogP contribution in [0, 0.1) is 0 Å². The number of hydrogen-bond donors (Lipinski definition) is 1. The van der Waals surface area contributed by atoms with Gasteiger partial charge in [-0.1, -0.05) is 48.5 Å². The second-order valence-corrected chi connectivity index (χ2v) is 9.13. The van der Waals surface area contributed by atoms with Gasteiger partial charge in [0.05, 0.1) is 29.6 Å². The highest BCUT2D eigenvalue weighted by Crippen LogP contribution is 2.33. The second kappa shape index (κ2) is 9.00. The fraction of sp³-hybridized carbons (Fsp3) is 0.250. The van der Waals surface area contributed by atoms with Gasteiger partial charge < -0.3 is 14.6 Å². The van der Waals surface area contributed by atoms with Crippen LogP contribution in [0.3, 0.4) is 0 Å². The number of amides is 1. The molecule has 6 rings (SSSR count). The second-order valence-electron chi connectivity index (χ2n) is 9.13. The summed E-state index contributed by atoms with van der Waals surface area (Å²) in [7, 11) is 0. The zero-order valence-electron chi connectivity index (χ0n) is 19.3. The molecule has 1 amide bonds. The number of carbonyl (C=O) groups excluding carboxylic acids is 2. The predicted molar refractivity (Wildman–Crippen MR) is 133 cm³/mol. The molecule has 3 aromatic carbocycles. The first-order chi connectivity index (χ1) is 17.1. The summed E-state index contributed by atoms with van der Waals surface area (Å²) in [5.74, 6) is 0.480. The smallest absolute Gasteiger partial charge is 0.339 e. The standard InChI is InChI=1S/C28H26N4O3/c33-27(17-25-21-8-4-5-9-22(21)28(34)35-25)29-20-10-11-24-23(16-20)30-26-18-31(14-15-32(24)26)13-12-19-6-2-1-3-7-19/h1-11,16,25H,12-15,17-18H2,(H,29,33). The van der Waals surface area contributed by atoms with E-state index in [2.05, 4.69) is 39.0 Å². The van der Waals surface area contributed by atoms with E-state index in [0.29, 0.717) is 11.3 Å². The lowest BCUT2D eigenvalue weighted by Crippen LogP contribution is -2.35. The van der Waals surface area contributed by atoms with Crippen molar-refractivity contribution in [1.29, 1.82) is 0 Å². The number of carbonyl (C=O) groups is 2. The first-order valence-corrected chi connectivity index (χ1v) is 12.0. The van der Waals surface area contributed by atoms with Gasteiger partial charge in [-0.05, 0) is 36.2 Å². The summed E-state index contributed by atoms with van der Waals surface area (Å²) in [5.41, 5.74) is 5.30. The SMILES string of the molecule is O=C(CC1OC(=O)c2ccccc21)Nc1ccc2c(c1)nc1n2CCN(CCc2ccccc2)C1. The van der Waals surface area contributed by atoms with Crippen molar-refractivity contribution in [2.75, 3.05) is 18.4 Å². The van der Waals surface area contributed by atoms with Gasteiger partial charge in [0.2, 0.25) is 5.91 Å². The Balaban J connectivity index is 1.12. The molecule has 7 heteroatoms. The number of rotatable bonds is 6. The van der Waals surface area contributed by atoms with E-state index >= 15 is 0 Å². The summed E-state index contributed by atoms with van der Waals surface area (Å²) in [6, 6.07) is 23.6. The molecule has 7 nitrogen and oxygen atoms in total. The molecule has 1 N–H and O–H groups in total. The van der Waals surface area contributed by atoms with Gasteiger partial charge in [0.15, 0.2) is 0 Å². The van der Waals surface area contributed by atoms with E-state index in [1.807, 2.05) is 36.4 Å². The lowest BCUT2D eigenvalue weighted by molar-refractivity contribution is -0.118. The first-order valence-electron chi connectivity index (χ1n) is 12.0. The zero-order chi connectivity index (χ0) is 23.8. The predicted octanol–water partition coefficient (Wildman–Crippen LogP) is 4.33. The number of fused-ring (bicyclic) bond motifs is 4. The average Bonchev–Trinajstić information content (AvgIpc) is 3.39. The fourth-order valence-corrected chi connectivity index (χ4v) is 5.02. The number of nitrogens with zero attached hydrogens (tertiary/aromatic N) is 3. The van der Waals surface area contributed by atoms with Crippen molar-refractivity contribution in [2.24, 2.45) is 0 Å². The van der Waals surface area contributed by atoms with Crippen LogP contribution in [-0.4, -0.2) is 39.4 Å². The zero-order valence-corrected chi connectivity index (χ0v) is 19.3. The Morgan fingerprint density at radius 3 is 2.74 bits per heavy atom. The van der Waals surface area contributed by atoms with Crippen molar-refractivity contribution in [3.05, 3.63) is 95.3 Å². The van der Waals surface area contributed by atoms with E-state index in [0.717, 1.165) is 55.0 Å². The van der Waals surface area contributed by atoms with Crippen molar-refractivity contribution in [3.8, 4) is 0 Å². The van der Waals surface area contributed by atoms with Gasteiger partial charge in [0.1, 0.15) is 11.9 Å². The summed E-state index contributed by atoms with van der Waals surface area (Å²) in [5, 5.41) is 2.94. The molecule has 0 saturated carbocycles. The Hall–Kier alpha value is -3.97. The first kappa shape index (κ1) is 21.6. The molecule has 0 bridgehead atoms. The van der Waals surface area contributed by atoms with E-state index in [9.17, 15) is 9.59 Å². The summed E-state index contributed by atoms with van der Waals surface area (Å²) in [4.78, 5) is 32.1. The maximum absolute atomic E-state index is 12.7. The minimum absolute atomic E-state index is 0.0802. The van der Waals surface area contributed by atoms with Crippen LogP contribution in [0.1, 0.15) is 39.8 Å². The summed E-state index contributed by atoms with van der Waals surface area (Å²) in [6.07, 6.45) is 0.554. The number of ether oxygens (including phenoxy) is 1. The Labute approximate surface area is 203 Å². The maximum atomic E-state index is 12.7. The minimum Gasteiger partial charge on any atom is -0.453 e. The molecule has 2 aliphatic heterocycles. The average molecular weight is 467 g/mol. The molecule has 0 saturated heterocycles. The van der Waals surface area contributed by atoms with Crippen LogP contribution >= 0.6 is 0 Å². The van der Waals surface area contributed by atoms with Gasteiger partial charge >= 0.3 is 5.97 Å². The van der Waals surface area contributed by atoms with Gasteiger partial charge in [0.25, 0.3) is 0 Å². The summed E-state index contributed by atoms with van der Waals surface area (Å²) < 4.78 is 7.68. The molecule has 3 heterocycles. The molecule has 0 spiro atoms. The topological polar surface area (TPSA) is 76.5 Å². The van der Waals surface area contributed by atoms with Crippen LogP contribution in [0.5, 0.6) is 0 Å². The lowest BCUT2D eigenvalue weighted by Gasteiger charge is -2.27. The van der Waals surface area contributed by atoms with Gasteiger partial charge in [0, 0.05) is 30.9 Å². The Morgan fingerprint density at radius 2 is 1.86 bits per heavy atom. The van der Waals surface area contributed by atoms with E-state index in [4.69, 9.17) is 9.72 Å². The van der Waals surface area contributed by atoms with Crippen molar-refractivity contribution in [2.45, 2.75) is 32.0 Å². The third-order valence-corrected chi connectivity index (χ3v) is 6.82. The third kappa shape index (κ3) is 4.31. The van der Waals surface area contributed by atoms with E-state index < -0.39 is 6.10 Å². The quantitative estimate of drug-likeness (QED) is 0.428. The molecule has 0 fully saturated rings. The largest absolute Gasteiger partial charge is 0.453 e. The molecule has 1 aromatic heterocycles. The number of imidazole rings is 1. The molecular formula is C28H26N4O3. The lowest BCUT2D eigenvalue weighted by atomic mass is 10.0. The van der Waals surface area contributed by atoms with Crippen LogP contribution in [0.15, 0.2) is 72.8 Å². The molecule has 176 valence electrons. The van der Waals surface area contributed by atoms with Crippen molar-refractivity contribution >= 4 is 28.6 Å². The molecule has 0 aliphatic carbocycles. The minimum atomic E-state index is -0.552. The molecule has 1 unspecified atom stereocenters. The molecular weight excluding hydrogens is 440 g/mol. The number of esters is 1. The molecule has 4 aromatic rings. The van der Waals surface area contributed by atoms with Crippen LogP contribution in [0.25, 0.3) is 11.0 Å². The highest BCUT2D eigenvalue weighted by Gasteiger charge is 2.32. The molecule has 1 atom stereocenters. The van der Waals surface area contributed by atoms with Gasteiger partial charge in [-0.15, -0.1) is 0 Å². The number of cyclic esters (lactones) is 1. The van der Waals surface area contributed by atoms with Crippen molar-refractivity contribution in [1.82, 2.24) is 14.5 Å². The molecule has 0 radical (unpaired) electrons. The van der Waals surface area contributed by atoms with Crippen LogP contribution in [-0.2, 0) is 29.0 Å². The Morgan fingerprint density at radius 1 is 1.03 bits per heavy atom. The van der Waals surface area contributed by atoms with E-state index in [1.54, 1.807) is 12.1 Å². The molecule has 35 heavy (non-hydrogen) atoms. The highest BCUT2D eigenvalue weighted by atomic mass is 16.5. The summed E-state index contributed by atoms with van der Waals surface area (Å²) >= 11 is 0. The Kier molecular flexibility index (Phi) is 5.54. The number of hydrogen-bond acceptors (Lipinski definition) is 5. The maximum Gasteiger partial charge on any atom is 0.339 e. The molecule has 2 aliphatic rings. The number of anilines is 1. The van der Waals surface area contributed by atoms with Crippen LogP contribution in [0.4, 0.5) is 5.69 Å². The van der Waals surface area contributed by atoms with Crippen LogP contribution in [0.2, 0.25) is 0 Å². The normalized spacial score (nSPS) is 17.1. The van der Waals surface area contributed by atoms with Gasteiger partial charge in [-0.25, -0.2) is 9.78 Å². The number of aromatic nitrogens is 2. The van der Waals surface area contributed by atoms with E-state index in [1.165, 1.54) is 5.56 Å². The monoisotopic (exact) mass is 466 g/mol. The Bertz CT molecular complexity index is 1410. The number of nitrogens with one attached hydrogen (secondary N) is 1. The van der Waals surface area contributed by atoms with E-state index in [-0.39, 0.29) is 18.3 Å². The van der Waals surface area contributed by atoms with Crippen molar-refractivity contribution < 1.29 is 14.3 Å².